The molecule has 0 spiro atoms. The summed E-state index contributed by atoms with van der Waals surface area (Å²) in [5.74, 6) is 0. The minimum Gasteiger partial charge on any atom is -0.468 e. The molecule has 0 aliphatic carbocycles. The van der Waals surface area contributed by atoms with Gasteiger partial charge >= 0.3 is 0 Å². The lowest BCUT2D eigenvalue weighted by molar-refractivity contribution is -0.128. The molecule has 0 aliphatic rings. The van der Waals surface area contributed by atoms with Gasteiger partial charge in [0, 0.05) is 4.88 Å². The second kappa shape index (κ2) is 10.2. The van der Waals surface area contributed by atoms with Gasteiger partial charge in [-0.2, -0.15) is 0 Å². The molecule has 0 fully saturated rings. The van der Waals surface area contributed by atoms with Gasteiger partial charge < -0.3 is 10.1 Å². The fraction of sp³-hybridized carbons (Fsp3) is 0.500. The molecule has 1 N–H and O–H groups in total. The van der Waals surface area contributed by atoms with E-state index < -0.39 is 0 Å². The van der Waals surface area contributed by atoms with E-state index in [1.165, 1.54) is 4.88 Å². The van der Waals surface area contributed by atoms with Gasteiger partial charge in [-0.15, -0.1) is 11.3 Å². The van der Waals surface area contributed by atoms with Crippen molar-refractivity contribution < 1.29 is 9.53 Å². The summed E-state index contributed by atoms with van der Waals surface area (Å²) in [6.07, 6.45) is 1.16. The van der Waals surface area contributed by atoms with Crippen LogP contribution in [0.15, 0.2) is 17.5 Å². The van der Waals surface area contributed by atoms with Crippen molar-refractivity contribution in [2.45, 2.75) is 13.3 Å². The number of carbonyl (C=O) groups excluding carboxylic acids is 1. The van der Waals surface area contributed by atoms with Crippen molar-refractivity contribution in [1.29, 1.82) is 0 Å². The van der Waals surface area contributed by atoms with Crippen LogP contribution < -0.4 is 5.32 Å². The summed E-state index contributed by atoms with van der Waals surface area (Å²) in [7, 11) is 1.98. The minimum absolute atomic E-state index is 0.431. The summed E-state index contributed by atoms with van der Waals surface area (Å²) in [4.78, 5) is 10.6. The third kappa shape index (κ3) is 7.76. The van der Waals surface area contributed by atoms with Crippen LogP contribution in [-0.2, 0) is 16.0 Å². The van der Waals surface area contributed by atoms with Gasteiger partial charge in [-0.3, -0.25) is 4.79 Å². The lowest BCUT2D eigenvalue weighted by Crippen LogP contribution is -2.09. The Morgan fingerprint density at radius 2 is 2.43 bits per heavy atom. The van der Waals surface area contributed by atoms with E-state index in [2.05, 4.69) is 27.6 Å². The minimum atomic E-state index is 0.431. The monoisotopic (exact) mass is 215 g/mol. The number of hydrogen-bond acceptors (Lipinski definition) is 4. The van der Waals surface area contributed by atoms with Crippen LogP contribution in [0.5, 0.6) is 0 Å². The van der Waals surface area contributed by atoms with Crippen LogP contribution in [0.4, 0.5) is 0 Å². The molecule has 0 radical (unpaired) electrons. The zero-order valence-electron chi connectivity index (χ0n) is 8.66. The summed E-state index contributed by atoms with van der Waals surface area (Å²) in [6.45, 7) is 3.75. The number of nitrogens with one attached hydrogen (secondary N) is 1. The van der Waals surface area contributed by atoms with Crippen molar-refractivity contribution >= 4 is 17.8 Å². The van der Waals surface area contributed by atoms with Gasteiger partial charge in [-0.25, -0.2) is 0 Å². The highest BCUT2D eigenvalue weighted by atomic mass is 32.1. The SMILES string of the molecule is CCOC=O.CNCCc1cccs1. The highest BCUT2D eigenvalue weighted by molar-refractivity contribution is 7.09. The summed E-state index contributed by atoms with van der Waals surface area (Å²) in [6, 6.07) is 4.26. The maximum Gasteiger partial charge on any atom is 0.293 e. The maximum atomic E-state index is 9.18. The normalized spacial score (nSPS) is 8.71. The maximum absolute atomic E-state index is 9.18. The first-order valence-electron chi connectivity index (χ1n) is 4.57. The largest absolute Gasteiger partial charge is 0.468 e. The first-order chi connectivity index (χ1) is 6.85. The molecular formula is C10H17NO2S. The van der Waals surface area contributed by atoms with E-state index in [1.807, 2.05) is 18.4 Å². The Morgan fingerprint density at radius 3 is 2.79 bits per heavy atom. The van der Waals surface area contributed by atoms with Crippen molar-refractivity contribution in [3.8, 4) is 0 Å². The molecule has 0 atom stereocenters. The Balaban J connectivity index is 0.000000292. The molecule has 0 unspecified atom stereocenters. The predicted molar refractivity (Wildman–Crippen MR) is 59.6 cm³/mol. The Kier molecular flexibility index (Phi) is 9.58. The van der Waals surface area contributed by atoms with Gasteiger partial charge in [0.2, 0.25) is 0 Å². The average molecular weight is 215 g/mol. The second-order valence-corrected chi connectivity index (χ2v) is 3.52. The predicted octanol–water partition coefficient (Wildman–Crippen LogP) is 1.69. The van der Waals surface area contributed by atoms with E-state index in [4.69, 9.17) is 0 Å². The topological polar surface area (TPSA) is 38.3 Å². The molecule has 0 aliphatic heterocycles. The quantitative estimate of drug-likeness (QED) is 0.760. The fourth-order valence-electron chi connectivity index (χ4n) is 0.771. The van der Waals surface area contributed by atoms with E-state index in [-0.39, 0.29) is 0 Å². The molecule has 3 nitrogen and oxygen atoms in total. The van der Waals surface area contributed by atoms with Gasteiger partial charge in [-0.1, -0.05) is 6.07 Å². The summed E-state index contributed by atoms with van der Waals surface area (Å²) >= 11 is 1.82. The molecule has 80 valence electrons. The van der Waals surface area contributed by atoms with Gasteiger partial charge in [0.05, 0.1) is 6.61 Å². The van der Waals surface area contributed by atoms with Crippen LogP contribution in [0.3, 0.4) is 0 Å². The van der Waals surface area contributed by atoms with Crippen LogP contribution in [0, 0.1) is 0 Å². The number of rotatable bonds is 5. The first kappa shape index (κ1) is 13.1. The van der Waals surface area contributed by atoms with Crippen LogP contribution in [0.2, 0.25) is 0 Å². The fourth-order valence-corrected chi connectivity index (χ4v) is 1.48. The zero-order valence-corrected chi connectivity index (χ0v) is 9.47. The molecule has 1 heterocycles. The highest BCUT2D eigenvalue weighted by Crippen LogP contribution is 2.07. The molecule has 0 amide bonds. The van der Waals surface area contributed by atoms with Crippen molar-refractivity contribution in [3.05, 3.63) is 22.4 Å². The lowest BCUT2D eigenvalue weighted by Gasteiger charge is -1.92. The van der Waals surface area contributed by atoms with Crippen molar-refractivity contribution in [2.75, 3.05) is 20.2 Å². The van der Waals surface area contributed by atoms with Gasteiger partial charge in [0.25, 0.3) is 6.47 Å². The van der Waals surface area contributed by atoms with Gasteiger partial charge in [-0.05, 0) is 38.4 Å². The smallest absolute Gasteiger partial charge is 0.293 e. The van der Waals surface area contributed by atoms with E-state index in [0.29, 0.717) is 13.1 Å². The van der Waals surface area contributed by atoms with Crippen LogP contribution >= 0.6 is 11.3 Å². The highest BCUT2D eigenvalue weighted by Gasteiger charge is 1.89. The molecule has 1 aromatic heterocycles. The van der Waals surface area contributed by atoms with Crippen molar-refractivity contribution in [3.63, 3.8) is 0 Å². The summed E-state index contributed by atoms with van der Waals surface area (Å²) in [5, 5.41) is 5.23. The second-order valence-electron chi connectivity index (χ2n) is 2.48. The molecule has 14 heavy (non-hydrogen) atoms. The first-order valence-corrected chi connectivity index (χ1v) is 5.45. The standard InChI is InChI=1S/C7H11NS.C3H6O2/c1-8-5-4-7-3-2-6-9-7;1-2-5-3-4/h2-3,6,8H,4-5H2,1H3;3H,2H2,1H3. The number of likely N-dealkylation sites (N-methyl/N-ethyl adjacent to an activating group) is 1. The van der Waals surface area contributed by atoms with Crippen molar-refractivity contribution in [1.82, 2.24) is 5.32 Å². The van der Waals surface area contributed by atoms with Crippen LogP contribution in [0.1, 0.15) is 11.8 Å². The summed E-state index contributed by atoms with van der Waals surface area (Å²) in [5.41, 5.74) is 0. The number of ether oxygens (including phenoxy) is 1. The third-order valence-corrected chi connectivity index (χ3v) is 2.37. The Hall–Kier alpha value is -0.870. The average Bonchev–Trinajstić information content (AvgIpc) is 2.69. The molecule has 1 rings (SSSR count). The number of carbonyl (C=O) groups is 1. The molecule has 0 saturated heterocycles. The Labute approximate surface area is 89.1 Å². The van der Waals surface area contributed by atoms with Gasteiger partial charge in [0.1, 0.15) is 0 Å². The molecule has 4 heteroatoms. The molecule has 0 saturated carbocycles. The van der Waals surface area contributed by atoms with E-state index in [1.54, 1.807) is 6.92 Å². The van der Waals surface area contributed by atoms with E-state index in [0.717, 1.165) is 13.0 Å². The molecule has 0 aromatic carbocycles. The molecule has 0 bridgehead atoms. The zero-order chi connectivity index (χ0) is 10.6. The van der Waals surface area contributed by atoms with Gasteiger partial charge in [0.15, 0.2) is 0 Å². The van der Waals surface area contributed by atoms with Crippen LogP contribution in [-0.4, -0.2) is 26.7 Å². The molecular weight excluding hydrogens is 198 g/mol. The van der Waals surface area contributed by atoms with Crippen molar-refractivity contribution in [2.24, 2.45) is 0 Å². The third-order valence-electron chi connectivity index (χ3n) is 1.44. The van der Waals surface area contributed by atoms with Crippen LogP contribution in [0.25, 0.3) is 0 Å². The number of thiophene rings is 1. The van der Waals surface area contributed by atoms with E-state index in [9.17, 15) is 4.79 Å². The summed E-state index contributed by atoms with van der Waals surface area (Å²) < 4.78 is 4.15. The van der Waals surface area contributed by atoms with E-state index >= 15 is 0 Å². The Bertz CT molecular complexity index is 212. The Morgan fingerprint density at radius 1 is 1.64 bits per heavy atom. The molecule has 1 aromatic rings. The number of hydrogen-bond donors (Lipinski definition) is 1. The lowest BCUT2D eigenvalue weighted by atomic mass is 10.3.